The number of carbonyl (C=O) groups is 3. The Kier molecular flexibility index (Phi) is 12.3. The number of Topliss-reactive ketones (excluding diaryl/α,β-unsaturated/α-hetero) is 1. The number of amides is 2. The SMILES string of the molecule is CC(C)C(=O)COCCNC(=O)CCNC(=O)COCCO. The van der Waals surface area contributed by atoms with Crippen LogP contribution in [0.15, 0.2) is 0 Å². The van der Waals surface area contributed by atoms with E-state index in [1.54, 1.807) is 13.8 Å². The number of aliphatic hydroxyl groups excluding tert-OH is 1. The number of hydrogen-bond donors (Lipinski definition) is 3. The van der Waals surface area contributed by atoms with E-state index in [1.807, 2.05) is 0 Å². The van der Waals surface area contributed by atoms with Gasteiger partial charge in [-0.25, -0.2) is 0 Å². The van der Waals surface area contributed by atoms with Gasteiger partial charge in [-0.1, -0.05) is 13.8 Å². The van der Waals surface area contributed by atoms with Gasteiger partial charge in [-0.3, -0.25) is 14.4 Å². The fourth-order valence-electron chi connectivity index (χ4n) is 1.29. The maximum atomic E-state index is 11.4. The van der Waals surface area contributed by atoms with Crippen molar-refractivity contribution >= 4 is 17.6 Å². The Morgan fingerprint density at radius 3 is 2.23 bits per heavy atom. The van der Waals surface area contributed by atoms with Crippen molar-refractivity contribution in [3.05, 3.63) is 0 Å². The van der Waals surface area contributed by atoms with E-state index in [1.165, 1.54) is 0 Å². The van der Waals surface area contributed by atoms with E-state index in [2.05, 4.69) is 10.6 Å². The molecule has 0 saturated heterocycles. The molecule has 0 aromatic carbocycles. The molecule has 128 valence electrons. The van der Waals surface area contributed by atoms with E-state index in [0.717, 1.165) is 0 Å². The van der Waals surface area contributed by atoms with Crippen LogP contribution >= 0.6 is 0 Å². The minimum Gasteiger partial charge on any atom is -0.394 e. The van der Waals surface area contributed by atoms with Crippen LogP contribution < -0.4 is 10.6 Å². The quantitative estimate of drug-likeness (QED) is 0.370. The van der Waals surface area contributed by atoms with Crippen molar-refractivity contribution in [2.45, 2.75) is 20.3 Å². The molecule has 2 amide bonds. The van der Waals surface area contributed by atoms with Crippen LogP contribution in [-0.2, 0) is 23.9 Å². The van der Waals surface area contributed by atoms with Gasteiger partial charge in [0.2, 0.25) is 11.8 Å². The van der Waals surface area contributed by atoms with Crippen LogP contribution in [0.2, 0.25) is 0 Å². The van der Waals surface area contributed by atoms with E-state index < -0.39 is 0 Å². The molecule has 0 aliphatic carbocycles. The first-order valence-corrected chi connectivity index (χ1v) is 7.29. The zero-order valence-corrected chi connectivity index (χ0v) is 13.2. The molecule has 3 N–H and O–H groups in total. The van der Waals surface area contributed by atoms with E-state index in [0.29, 0.717) is 6.54 Å². The van der Waals surface area contributed by atoms with Gasteiger partial charge in [0.05, 0.1) is 19.8 Å². The average Bonchev–Trinajstić information content (AvgIpc) is 2.46. The molecule has 0 atom stereocenters. The molecular formula is C14H26N2O6. The molecule has 0 aliphatic rings. The lowest BCUT2D eigenvalue weighted by molar-refractivity contribution is -0.126. The third-order valence-corrected chi connectivity index (χ3v) is 2.60. The minimum atomic E-state index is -0.336. The van der Waals surface area contributed by atoms with Crippen molar-refractivity contribution in [1.82, 2.24) is 10.6 Å². The first-order valence-electron chi connectivity index (χ1n) is 7.29. The summed E-state index contributed by atoms with van der Waals surface area (Å²) in [5, 5.41) is 13.6. The lowest BCUT2D eigenvalue weighted by Gasteiger charge is -2.08. The number of hydrogen-bond acceptors (Lipinski definition) is 6. The third-order valence-electron chi connectivity index (χ3n) is 2.60. The van der Waals surface area contributed by atoms with Crippen LogP contribution in [0.5, 0.6) is 0 Å². The van der Waals surface area contributed by atoms with Crippen LogP contribution in [0.3, 0.4) is 0 Å². The Balaban J connectivity index is 3.47. The number of rotatable bonds is 13. The number of nitrogens with one attached hydrogen (secondary N) is 2. The predicted molar refractivity (Wildman–Crippen MR) is 79.2 cm³/mol. The fraction of sp³-hybridized carbons (Fsp3) is 0.786. The lowest BCUT2D eigenvalue weighted by atomic mass is 10.1. The summed E-state index contributed by atoms with van der Waals surface area (Å²) < 4.78 is 9.96. The van der Waals surface area contributed by atoms with Crippen LogP contribution in [-0.4, -0.2) is 68.8 Å². The molecule has 0 aliphatic heterocycles. The predicted octanol–water partition coefficient (Wildman–Crippen LogP) is -1.14. The van der Waals surface area contributed by atoms with E-state index in [-0.39, 0.29) is 69.5 Å². The van der Waals surface area contributed by atoms with Crippen LogP contribution in [0.1, 0.15) is 20.3 Å². The van der Waals surface area contributed by atoms with Gasteiger partial charge in [-0.05, 0) is 0 Å². The second-order valence-electron chi connectivity index (χ2n) is 4.90. The van der Waals surface area contributed by atoms with E-state index in [9.17, 15) is 14.4 Å². The Morgan fingerprint density at radius 2 is 1.59 bits per heavy atom. The van der Waals surface area contributed by atoms with Crippen molar-refractivity contribution in [2.24, 2.45) is 5.92 Å². The van der Waals surface area contributed by atoms with Gasteiger partial charge in [-0.2, -0.15) is 0 Å². The molecule has 0 aromatic rings. The molecule has 0 rings (SSSR count). The van der Waals surface area contributed by atoms with Crippen molar-refractivity contribution < 1.29 is 29.0 Å². The normalized spacial score (nSPS) is 10.5. The zero-order chi connectivity index (χ0) is 16.8. The molecule has 0 saturated carbocycles. The molecule has 8 heteroatoms. The van der Waals surface area contributed by atoms with Gasteiger partial charge in [0.25, 0.3) is 0 Å². The van der Waals surface area contributed by atoms with Gasteiger partial charge in [-0.15, -0.1) is 0 Å². The van der Waals surface area contributed by atoms with Gasteiger partial charge in [0.15, 0.2) is 5.78 Å². The number of carbonyl (C=O) groups excluding carboxylic acids is 3. The average molecular weight is 318 g/mol. The Hall–Kier alpha value is -1.51. The molecular weight excluding hydrogens is 292 g/mol. The van der Waals surface area contributed by atoms with Crippen molar-refractivity contribution in [2.75, 3.05) is 46.1 Å². The first kappa shape index (κ1) is 20.5. The summed E-state index contributed by atoms with van der Waals surface area (Å²) in [6, 6.07) is 0. The van der Waals surface area contributed by atoms with Gasteiger partial charge >= 0.3 is 0 Å². The lowest BCUT2D eigenvalue weighted by Crippen LogP contribution is -2.34. The number of ketones is 1. The molecule has 0 spiro atoms. The Bertz CT molecular complexity index is 346. The third kappa shape index (κ3) is 12.2. The second kappa shape index (κ2) is 13.2. The molecule has 0 heterocycles. The summed E-state index contributed by atoms with van der Waals surface area (Å²) in [6.07, 6.45) is 0.149. The standard InChI is InChI=1S/C14H26N2O6/c1-11(2)12(18)9-21-7-5-16-13(19)3-4-15-14(20)10-22-8-6-17/h11,17H,3-10H2,1-2H3,(H,15,20)(H,16,19). The molecule has 0 radical (unpaired) electrons. The highest BCUT2D eigenvalue weighted by Gasteiger charge is 2.07. The highest BCUT2D eigenvalue weighted by molar-refractivity contribution is 5.81. The maximum Gasteiger partial charge on any atom is 0.246 e. The highest BCUT2D eigenvalue weighted by atomic mass is 16.5. The maximum absolute atomic E-state index is 11.4. The smallest absolute Gasteiger partial charge is 0.246 e. The fourth-order valence-corrected chi connectivity index (χ4v) is 1.29. The highest BCUT2D eigenvalue weighted by Crippen LogP contribution is 1.93. The summed E-state index contributed by atoms with van der Waals surface area (Å²) in [6.45, 7) is 4.28. The minimum absolute atomic E-state index is 0.0254. The van der Waals surface area contributed by atoms with Gasteiger partial charge < -0.3 is 25.2 Å². The molecule has 8 nitrogen and oxygen atoms in total. The summed E-state index contributed by atoms with van der Waals surface area (Å²) in [4.78, 5) is 33.9. The summed E-state index contributed by atoms with van der Waals surface area (Å²) in [7, 11) is 0. The van der Waals surface area contributed by atoms with Crippen LogP contribution in [0.4, 0.5) is 0 Å². The molecule has 22 heavy (non-hydrogen) atoms. The van der Waals surface area contributed by atoms with Crippen molar-refractivity contribution in [3.8, 4) is 0 Å². The molecule has 0 unspecified atom stereocenters. The number of ether oxygens (including phenoxy) is 2. The summed E-state index contributed by atoms with van der Waals surface area (Å²) in [5.41, 5.74) is 0. The van der Waals surface area contributed by atoms with Gasteiger partial charge in [0.1, 0.15) is 13.2 Å². The topological polar surface area (TPSA) is 114 Å². The van der Waals surface area contributed by atoms with Crippen LogP contribution in [0, 0.1) is 5.92 Å². The van der Waals surface area contributed by atoms with Crippen molar-refractivity contribution in [3.63, 3.8) is 0 Å². The zero-order valence-electron chi connectivity index (χ0n) is 13.2. The van der Waals surface area contributed by atoms with E-state index in [4.69, 9.17) is 14.6 Å². The largest absolute Gasteiger partial charge is 0.394 e. The summed E-state index contributed by atoms with van der Waals surface area (Å²) >= 11 is 0. The first-order chi connectivity index (χ1) is 10.5. The summed E-state index contributed by atoms with van der Waals surface area (Å²) in [5.74, 6) is -0.579. The van der Waals surface area contributed by atoms with Crippen LogP contribution in [0.25, 0.3) is 0 Å². The number of aliphatic hydroxyl groups is 1. The molecule has 0 bridgehead atoms. The Labute approximate surface area is 130 Å². The van der Waals surface area contributed by atoms with Gasteiger partial charge in [0, 0.05) is 25.4 Å². The van der Waals surface area contributed by atoms with Crippen molar-refractivity contribution in [1.29, 1.82) is 0 Å². The van der Waals surface area contributed by atoms with E-state index >= 15 is 0 Å². The monoisotopic (exact) mass is 318 g/mol. The second-order valence-corrected chi connectivity index (χ2v) is 4.90. The Morgan fingerprint density at radius 1 is 0.955 bits per heavy atom. The molecule has 0 fully saturated rings. The molecule has 0 aromatic heterocycles.